The maximum Gasteiger partial charge on any atom is 0.335 e. The first kappa shape index (κ1) is 15.1. The van der Waals surface area contributed by atoms with E-state index >= 15 is 0 Å². The van der Waals surface area contributed by atoms with Gasteiger partial charge in [0.25, 0.3) is 0 Å². The Balaban J connectivity index is 2.37. The number of nitrogens with zero attached hydrogens (tertiary/aromatic N) is 1. The molecule has 2 N–H and O–H groups in total. The number of hydrogen-bond acceptors (Lipinski definition) is 5. The highest BCUT2D eigenvalue weighted by atomic mass is 32.2. The molecule has 0 unspecified atom stereocenters. The van der Waals surface area contributed by atoms with Gasteiger partial charge in [0.1, 0.15) is 11.2 Å². The highest BCUT2D eigenvalue weighted by Crippen LogP contribution is 2.20. The smallest absolute Gasteiger partial charge is 0.335 e. The van der Waals surface area contributed by atoms with Crippen LogP contribution in [0.4, 0.5) is 8.78 Å². The van der Waals surface area contributed by atoms with Crippen molar-refractivity contribution in [3.63, 3.8) is 0 Å². The third-order valence-electron chi connectivity index (χ3n) is 2.47. The van der Waals surface area contributed by atoms with E-state index in [1.165, 1.54) is 12.3 Å². The summed E-state index contributed by atoms with van der Waals surface area (Å²) in [4.78, 5) is 9.67. The number of carbonyl (C=O) groups is 1. The second kappa shape index (κ2) is 5.58. The number of rotatable bonds is 5. The average Bonchev–Trinajstić information content (AvgIpc) is 2.92. The first-order valence-electron chi connectivity index (χ1n) is 5.42. The first-order valence-corrected chi connectivity index (χ1v) is 6.91. The van der Waals surface area contributed by atoms with E-state index in [2.05, 4.69) is 9.68 Å². The van der Waals surface area contributed by atoms with Gasteiger partial charge in [-0.3, -0.25) is 0 Å². The minimum Gasteiger partial charge on any atom is -0.478 e. The molecule has 2 aromatic rings. The molecular weight excluding hydrogens is 310 g/mol. The fourth-order valence-electron chi connectivity index (χ4n) is 1.46. The topological polar surface area (TPSA) is 110 Å². The number of benzene rings is 1. The summed E-state index contributed by atoms with van der Waals surface area (Å²) in [5.74, 6) is -4.81. The lowest BCUT2D eigenvalue weighted by Crippen LogP contribution is -2.25. The number of hydrogen-bond donors (Lipinski definition) is 2. The van der Waals surface area contributed by atoms with Crippen molar-refractivity contribution >= 4 is 16.0 Å². The van der Waals surface area contributed by atoms with Gasteiger partial charge in [-0.25, -0.2) is 26.7 Å². The van der Waals surface area contributed by atoms with Gasteiger partial charge >= 0.3 is 5.97 Å². The van der Waals surface area contributed by atoms with Crippen LogP contribution in [0, 0.1) is 11.6 Å². The summed E-state index contributed by atoms with van der Waals surface area (Å²) >= 11 is 0. The second-order valence-electron chi connectivity index (χ2n) is 3.89. The molecule has 112 valence electrons. The number of carboxylic acid groups (broad SMARTS) is 1. The lowest BCUT2D eigenvalue weighted by molar-refractivity contribution is 0.0696. The molecule has 1 aromatic heterocycles. The number of aromatic nitrogens is 1. The molecule has 2 rings (SSSR count). The van der Waals surface area contributed by atoms with Crippen LogP contribution in [0.3, 0.4) is 0 Å². The van der Waals surface area contributed by atoms with E-state index < -0.39 is 38.1 Å². The van der Waals surface area contributed by atoms with Crippen molar-refractivity contribution in [2.45, 2.75) is 11.4 Å². The van der Waals surface area contributed by atoms with Gasteiger partial charge in [-0.15, -0.1) is 0 Å². The maximum atomic E-state index is 13.6. The molecule has 0 radical (unpaired) electrons. The summed E-state index contributed by atoms with van der Waals surface area (Å²) in [7, 11) is -4.46. The highest BCUT2D eigenvalue weighted by Gasteiger charge is 2.24. The molecule has 0 aliphatic rings. The van der Waals surface area contributed by atoms with Gasteiger partial charge < -0.3 is 9.63 Å². The van der Waals surface area contributed by atoms with Gasteiger partial charge in [-0.2, -0.15) is 0 Å². The standard InChI is InChI=1S/C11H8F2N2O5S/c12-8-3-6(11(16)17)4-9(10(8)13)21(18,19)14-5-7-1-2-20-15-7/h1-4,14H,5H2,(H,16,17). The van der Waals surface area contributed by atoms with Crippen molar-refractivity contribution in [1.82, 2.24) is 9.88 Å². The molecule has 0 fully saturated rings. The van der Waals surface area contributed by atoms with E-state index in [0.29, 0.717) is 12.1 Å². The van der Waals surface area contributed by atoms with Gasteiger partial charge in [0.2, 0.25) is 10.0 Å². The molecule has 0 saturated carbocycles. The highest BCUT2D eigenvalue weighted by molar-refractivity contribution is 7.89. The van der Waals surface area contributed by atoms with Crippen LogP contribution in [0.15, 0.2) is 33.9 Å². The molecule has 7 nitrogen and oxygen atoms in total. The van der Waals surface area contributed by atoms with Crippen LogP contribution in [0.2, 0.25) is 0 Å². The largest absolute Gasteiger partial charge is 0.478 e. The monoisotopic (exact) mass is 318 g/mol. The minimum absolute atomic E-state index is 0.217. The van der Waals surface area contributed by atoms with E-state index in [-0.39, 0.29) is 12.2 Å². The summed E-state index contributed by atoms with van der Waals surface area (Å²) in [5.41, 5.74) is -0.468. The number of sulfonamides is 1. The lowest BCUT2D eigenvalue weighted by atomic mass is 10.2. The number of halogens is 2. The third kappa shape index (κ3) is 3.23. The number of carboxylic acids is 1. The first-order chi connectivity index (χ1) is 9.81. The molecular formula is C11H8F2N2O5S. The zero-order valence-corrected chi connectivity index (χ0v) is 11.0. The Bertz CT molecular complexity index is 774. The van der Waals surface area contributed by atoms with Crippen molar-refractivity contribution in [1.29, 1.82) is 0 Å². The Hall–Kier alpha value is -2.33. The molecule has 0 bridgehead atoms. The van der Waals surface area contributed by atoms with Crippen LogP contribution in [0.25, 0.3) is 0 Å². The zero-order valence-electron chi connectivity index (χ0n) is 10.2. The van der Waals surface area contributed by atoms with Crippen LogP contribution in [0.5, 0.6) is 0 Å². The van der Waals surface area contributed by atoms with Gasteiger partial charge in [0.15, 0.2) is 11.6 Å². The van der Waals surface area contributed by atoms with Crippen LogP contribution < -0.4 is 4.72 Å². The molecule has 1 aromatic carbocycles. The number of nitrogens with one attached hydrogen (secondary N) is 1. The van der Waals surface area contributed by atoms with Crippen molar-refractivity contribution in [3.8, 4) is 0 Å². The van der Waals surface area contributed by atoms with Crippen molar-refractivity contribution in [2.75, 3.05) is 0 Å². The Kier molecular flexibility index (Phi) is 4.00. The Morgan fingerprint density at radius 1 is 1.38 bits per heavy atom. The van der Waals surface area contributed by atoms with Crippen molar-refractivity contribution < 1.29 is 31.6 Å². The molecule has 0 aliphatic heterocycles. The van der Waals surface area contributed by atoms with Crippen LogP contribution >= 0.6 is 0 Å². The normalized spacial score (nSPS) is 11.5. The molecule has 21 heavy (non-hydrogen) atoms. The second-order valence-corrected chi connectivity index (χ2v) is 5.63. The SMILES string of the molecule is O=C(O)c1cc(F)c(F)c(S(=O)(=O)NCc2ccon2)c1. The fraction of sp³-hybridized carbons (Fsp3) is 0.0909. The fourth-order valence-corrected chi connectivity index (χ4v) is 2.57. The molecule has 0 spiro atoms. The predicted molar refractivity (Wildman–Crippen MR) is 63.8 cm³/mol. The maximum absolute atomic E-state index is 13.6. The van der Waals surface area contributed by atoms with E-state index in [0.717, 1.165) is 0 Å². The lowest BCUT2D eigenvalue weighted by Gasteiger charge is -2.08. The van der Waals surface area contributed by atoms with Crippen LogP contribution in [-0.4, -0.2) is 24.7 Å². The van der Waals surface area contributed by atoms with E-state index in [1.54, 1.807) is 0 Å². The summed E-state index contributed by atoms with van der Waals surface area (Å²) in [5, 5.41) is 12.2. The molecule has 10 heteroatoms. The predicted octanol–water partition coefficient (Wildman–Crippen LogP) is 1.13. The van der Waals surface area contributed by atoms with Gasteiger partial charge in [0, 0.05) is 6.07 Å². The molecule has 0 saturated heterocycles. The quantitative estimate of drug-likeness (QED) is 0.855. The summed E-state index contributed by atoms with van der Waals surface area (Å²) in [6, 6.07) is 2.30. The Morgan fingerprint density at radius 3 is 2.67 bits per heavy atom. The summed E-state index contributed by atoms with van der Waals surface area (Å²) < 4.78 is 57.1. The molecule has 0 aliphatic carbocycles. The van der Waals surface area contributed by atoms with Crippen molar-refractivity contribution in [2.24, 2.45) is 0 Å². The van der Waals surface area contributed by atoms with Gasteiger partial charge in [0.05, 0.1) is 17.8 Å². The Morgan fingerprint density at radius 2 is 2.10 bits per heavy atom. The zero-order chi connectivity index (χ0) is 15.6. The van der Waals surface area contributed by atoms with Gasteiger partial charge in [-0.1, -0.05) is 5.16 Å². The van der Waals surface area contributed by atoms with Crippen molar-refractivity contribution in [3.05, 3.63) is 47.4 Å². The molecule has 0 atom stereocenters. The molecule has 0 amide bonds. The van der Waals surface area contributed by atoms with E-state index in [1.807, 2.05) is 4.72 Å². The van der Waals surface area contributed by atoms with Crippen LogP contribution in [0.1, 0.15) is 16.1 Å². The summed E-state index contributed by atoms with van der Waals surface area (Å²) in [6.07, 6.45) is 1.20. The van der Waals surface area contributed by atoms with E-state index in [9.17, 15) is 22.0 Å². The summed E-state index contributed by atoms with van der Waals surface area (Å²) in [6.45, 7) is -0.322. The van der Waals surface area contributed by atoms with E-state index in [4.69, 9.17) is 5.11 Å². The average molecular weight is 318 g/mol. The molecule has 1 heterocycles. The minimum atomic E-state index is -4.46. The van der Waals surface area contributed by atoms with Gasteiger partial charge in [-0.05, 0) is 12.1 Å². The Labute approximate surface area is 117 Å². The van der Waals surface area contributed by atoms with Crippen LogP contribution in [-0.2, 0) is 16.6 Å². The number of aromatic carboxylic acids is 1. The third-order valence-corrected chi connectivity index (χ3v) is 3.87.